The van der Waals surface area contributed by atoms with E-state index in [0.717, 1.165) is 32.1 Å². The molecule has 0 aromatic carbocycles. The zero-order chi connectivity index (χ0) is 20.1. The number of rotatable bonds is 4. The Morgan fingerprint density at radius 2 is 1.75 bits per heavy atom. The van der Waals surface area contributed by atoms with Crippen molar-refractivity contribution in [2.45, 2.75) is 62.6 Å². The van der Waals surface area contributed by atoms with Gasteiger partial charge in [-0.1, -0.05) is 19.3 Å². The molecule has 0 saturated carbocycles. The standard InChI is InChI=1S/C18H27F3N4O3/c19-18(20,21)14-8-22-9-15(24-14)23-12-11-28-13(17(27)16(12)26)10-25-6-4-2-1-3-5-7-25/h8-9,12-13,16-17,26-27H,1-7,10-11H2,(H,23,24)/t12-,13+,16+,17-/m0/s1. The van der Waals surface area contributed by atoms with Crippen molar-refractivity contribution in [1.29, 1.82) is 0 Å². The summed E-state index contributed by atoms with van der Waals surface area (Å²) in [5, 5.41) is 23.6. The molecule has 0 unspecified atom stereocenters. The van der Waals surface area contributed by atoms with Crippen molar-refractivity contribution in [2.75, 3.05) is 31.6 Å². The van der Waals surface area contributed by atoms with E-state index in [2.05, 4.69) is 20.2 Å². The first-order valence-electron chi connectivity index (χ1n) is 9.70. The molecule has 28 heavy (non-hydrogen) atoms. The molecule has 2 saturated heterocycles. The lowest BCUT2D eigenvalue weighted by Gasteiger charge is -2.40. The third-order valence-corrected chi connectivity index (χ3v) is 5.28. The number of aromatic nitrogens is 2. The van der Waals surface area contributed by atoms with Crippen LogP contribution in [0.2, 0.25) is 0 Å². The maximum atomic E-state index is 12.8. The molecule has 1 aromatic heterocycles. The summed E-state index contributed by atoms with van der Waals surface area (Å²) in [5.74, 6) is -0.128. The van der Waals surface area contributed by atoms with E-state index in [1.807, 2.05) is 0 Å². The van der Waals surface area contributed by atoms with Crippen LogP contribution in [0.3, 0.4) is 0 Å². The van der Waals surface area contributed by atoms with E-state index in [0.29, 0.717) is 12.7 Å². The highest BCUT2D eigenvalue weighted by Crippen LogP contribution is 2.28. The zero-order valence-corrected chi connectivity index (χ0v) is 15.6. The van der Waals surface area contributed by atoms with Gasteiger partial charge in [0.2, 0.25) is 0 Å². The highest BCUT2D eigenvalue weighted by Gasteiger charge is 2.39. The Labute approximate surface area is 161 Å². The second kappa shape index (κ2) is 9.34. The third kappa shape index (κ3) is 5.53. The summed E-state index contributed by atoms with van der Waals surface area (Å²) in [6, 6.07) is -0.781. The van der Waals surface area contributed by atoms with Crippen LogP contribution >= 0.6 is 0 Å². The molecule has 7 nitrogen and oxygen atoms in total. The summed E-state index contributed by atoms with van der Waals surface area (Å²) in [5.41, 5.74) is -1.13. The molecule has 0 bridgehead atoms. The molecule has 2 aliphatic heterocycles. The monoisotopic (exact) mass is 404 g/mol. The number of hydrogen-bond donors (Lipinski definition) is 3. The molecular formula is C18H27F3N4O3. The molecule has 0 spiro atoms. The van der Waals surface area contributed by atoms with Crippen LogP contribution in [0.15, 0.2) is 12.4 Å². The van der Waals surface area contributed by atoms with Gasteiger partial charge in [0.05, 0.1) is 31.1 Å². The lowest BCUT2D eigenvalue weighted by molar-refractivity contribution is -0.147. The molecule has 2 fully saturated rings. The zero-order valence-electron chi connectivity index (χ0n) is 15.6. The number of aliphatic hydroxyl groups excluding tert-OH is 2. The second-order valence-corrected chi connectivity index (χ2v) is 7.46. The van der Waals surface area contributed by atoms with E-state index in [9.17, 15) is 23.4 Å². The van der Waals surface area contributed by atoms with E-state index in [-0.39, 0.29) is 12.4 Å². The van der Waals surface area contributed by atoms with Gasteiger partial charge in [-0.25, -0.2) is 4.98 Å². The van der Waals surface area contributed by atoms with Gasteiger partial charge in [-0.2, -0.15) is 13.2 Å². The van der Waals surface area contributed by atoms with Gasteiger partial charge in [0.25, 0.3) is 0 Å². The van der Waals surface area contributed by atoms with Gasteiger partial charge in [0.15, 0.2) is 5.69 Å². The van der Waals surface area contributed by atoms with Crippen molar-refractivity contribution in [3.63, 3.8) is 0 Å². The molecule has 2 aliphatic rings. The number of halogens is 3. The first-order chi connectivity index (χ1) is 13.3. The maximum absolute atomic E-state index is 12.8. The Hall–Kier alpha value is -1.49. The Kier molecular flexibility index (Phi) is 7.08. The fourth-order valence-electron chi connectivity index (χ4n) is 3.68. The highest BCUT2D eigenvalue weighted by molar-refractivity contribution is 5.34. The predicted octanol–water partition coefficient (Wildman–Crippen LogP) is 1.66. The number of nitrogens with zero attached hydrogens (tertiary/aromatic N) is 3. The van der Waals surface area contributed by atoms with Crippen molar-refractivity contribution in [3.05, 3.63) is 18.1 Å². The number of anilines is 1. The lowest BCUT2D eigenvalue weighted by atomic mass is 9.97. The van der Waals surface area contributed by atoms with Crippen molar-refractivity contribution in [3.8, 4) is 0 Å². The maximum Gasteiger partial charge on any atom is 0.434 e. The van der Waals surface area contributed by atoms with Crippen LogP contribution in [0.1, 0.15) is 37.8 Å². The highest BCUT2D eigenvalue weighted by atomic mass is 19.4. The number of likely N-dealkylation sites (tertiary alicyclic amines) is 1. The Morgan fingerprint density at radius 1 is 1.07 bits per heavy atom. The molecule has 3 N–H and O–H groups in total. The van der Waals surface area contributed by atoms with Crippen molar-refractivity contribution in [2.24, 2.45) is 0 Å². The van der Waals surface area contributed by atoms with Crippen LogP contribution < -0.4 is 5.32 Å². The molecule has 0 amide bonds. The van der Waals surface area contributed by atoms with E-state index >= 15 is 0 Å². The Morgan fingerprint density at radius 3 is 2.43 bits per heavy atom. The fraction of sp³-hybridized carbons (Fsp3) is 0.778. The van der Waals surface area contributed by atoms with E-state index in [4.69, 9.17) is 4.74 Å². The summed E-state index contributed by atoms with van der Waals surface area (Å²) in [7, 11) is 0. The molecule has 3 heterocycles. The summed E-state index contributed by atoms with van der Waals surface area (Å²) < 4.78 is 44.0. The average Bonchev–Trinajstić information content (AvgIpc) is 2.63. The topological polar surface area (TPSA) is 90.7 Å². The predicted molar refractivity (Wildman–Crippen MR) is 95.7 cm³/mol. The number of aliphatic hydroxyl groups is 2. The SMILES string of the molecule is O[C@@H]1[C@H](O)[C@@H](Nc2cncc(C(F)(F)F)n2)CO[C@@H]1CN1CCCCCCC1. The van der Waals surface area contributed by atoms with Gasteiger partial charge in [-0.15, -0.1) is 0 Å². The fourth-order valence-corrected chi connectivity index (χ4v) is 3.68. The molecule has 0 aliphatic carbocycles. The quantitative estimate of drug-likeness (QED) is 0.703. The molecule has 1 aromatic rings. The normalized spacial score (nSPS) is 30.5. The number of ether oxygens (including phenoxy) is 1. The van der Waals surface area contributed by atoms with Crippen LogP contribution in [0.5, 0.6) is 0 Å². The largest absolute Gasteiger partial charge is 0.434 e. The Balaban J connectivity index is 1.57. The van der Waals surface area contributed by atoms with Crippen LogP contribution in [0, 0.1) is 0 Å². The molecule has 10 heteroatoms. The number of alkyl halides is 3. The van der Waals surface area contributed by atoms with Gasteiger partial charge in [0.1, 0.15) is 18.0 Å². The summed E-state index contributed by atoms with van der Waals surface area (Å²) in [6.07, 6.45) is 0.125. The smallest absolute Gasteiger partial charge is 0.388 e. The minimum atomic E-state index is -4.61. The summed E-state index contributed by atoms with van der Waals surface area (Å²) >= 11 is 0. The van der Waals surface area contributed by atoms with Gasteiger partial charge < -0.3 is 25.2 Å². The summed E-state index contributed by atoms with van der Waals surface area (Å²) in [6.45, 7) is 2.44. The van der Waals surface area contributed by atoms with Gasteiger partial charge >= 0.3 is 6.18 Å². The van der Waals surface area contributed by atoms with Crippen molar-refractivity contribution >= 4 is 5.82 Å². The number of hydrogen-bond acceptors (Lipinski definition) is 7. The lowest BCUT2D eigenvalue weighted by Crippen LogP contribution is -2.58. The van der Waals surface area contributed by atoms with E-state index in [1.165, 1.54) is 19.3 Å². The van der Waals surface area contributed by atoms with E-state index < -0.39 is 36.2 Å². The van der Waals surface area contributed by atoms with Crippen molar-refractivity contribution in [1.82, 2.24) is 14.9 Å². The van der Waals surface area contributed by atoms with Crippen LogP contribution in [0.25, 0.3) is 0 Å². The van der Waals surface area contributed by atoms with Gasteiger partial charge in [-0.05, 0) is 25.9 Å². The molecule has 0 radical (unpaired) electrons. The van der Waals surface area contributed by atoms with Crippen LogP contribution in [-0.4, -0.2) is 75.7 Å². The summed E-state index contributed by atoms with van der Waals surface area (Å²) in [4.78, 5) is 9.25. The van der Waals surface area contributed by atoms with Crippen molar-refractivity contribution < 1.29 is 28.1 Å². The van der Waals surface area contributed by atoms with Crippen LogP contribution in [-0.2, 0) is 10.9 Å². The van der Waals surface area contributed by atoms with Gasteiger partial charge in [-0.3, -0.25) is 4.98 Å². The van der Waals surface area contributed by atoms with E-state index in [1.54, 1.807) is 0 Å². The van der Waals surface area contributed by atoms with Gasteiger partial charge in [0, 0.05) is 6.54 Å². The minimum absolute atomic E-state index is 0.0503. The average molecular weight is 404 g/mol. The second-order valence-electron chi connectivity index (χ2n) is 7.46. The molecular weight excluding hydrogens is 377 g/mol. The first-order valence-corrected chi connectivity index (χ1v) is 9.70. The molecule has 4 atom stereocenters. The molecule has 3 rings (SSSR count). The number of nitrogens with one attached hydrogen (secondary N) is 1. The third-order valence-electron chi connectivity index (χ3n) is 5.28. The molecule has 158 valence electrons. The first kappa shape index (κ1) is 21.2. The Bertz CT molecular complexity index is 626. The van der Waals surface area contributed by atoms with Crippen LogP contribution in [0.4, 0.5) is 19.0 Å². The minimum Gasteiger partial charge on any atom is -0.388 e.